The zero-order valence-electron chi connectivity index (χ0n) is 12.4. The summed E-state index contributed by atoms with van der Waals surface area (Å²) in [5, 5.41) is 9.15. The molecule has 0 amide bonds. The van der Waals surface area contributed by atoms with Crippen LogP contribution in [0.15, 0.2) is 23.1 Å². The molecule has 0 fully saturated rings. The monoisotopic (exact) mass is 301 g/mol. The highest BCUT2D eigenvalue weighted by Gasteiger charge is 2.24. The lowest BCUT2D eigenvalue weighted by Gasteiger charge is -2.30. The fourth-order valence-electron chi connectivity index (χ4n) is 1.97. The molecule has 0 radical (unpaired) electrons. The molecular formula is C13H23N3O3S. The number of rotatable bonds is 6. The number of para-hydroxylation sites is 1. The van der Waals surface area contributed by atoms with Crippen molar-refractivity contribution in [3.8, 4) is 0 Å². The second-order valence-corrected chi connectivity index (χ2v) is 7.11. The molecule has 0 aliphatic heterocycles. The fraction of sp³-hybridized carbons (Fsp3) is 0.538. The van der Waals surface area contributed by atoms with Crippen LogP contribution in [-0.4, -0.2) is 51.1 Å². The predicted molar refractivity (Wildman–Crippen MR) is 81.3 cm³/mol. The van der Waals surface area contributed by atoms with Crippen LogP contribution >= 0.6 is 0 Å². The van der Waals surface area contributed by atoms with Crippen molar-refractivity contribution in [1.29, 1.82) is 0 Å². The number of anilines is 2. The first kappa shape index (κ1) is 16.7. The van der Waals surface area contributed by atoms with E-state index in [0.29, 0.717) is 12.2 Å². The maximum absolute atomic E-state index is 12.2. The molecule has 6 nitrogen and oxygen atoms in total. The number of hydrogen-bond acceptors (Lipinski definition) is 5. The highest BCUT2D eigenvalue weighted by Crippen LogP contribution is 2.31. The zero-order chi connectivity index (χ0) is 15.5. The first-order chi connectivity index (χ1) is 9.23. The molecule has 0 bridgehead atoms. The van der Waals surface area contributed by atoms with E-state index in [4.69, 9.17) is 10.8 Å². The van der Waals surface area contributed by atoms with Gasteiger partial charge in [-0.25, -0.2) is 12.7 Å². The standard InChI is InChI=1S/C13H23N3O3S/c1-10(2)16(8-9-17)11-6-5-7-12(13(11)14)20(18,19)15(3)4/h5-7,10,17H,8-9,14H2,1-4H3. The maximum Gasteiger partial charge on any atom is 0.244 e. The van der Waals surface area contributed by atoms with Gasteiger partial charge in [-0.1, -0.05) is 6.07 Å². The molecule has 0 spiro atoms. The average Bonchev–Trinajstić information content (AvgIpc) is 2.36. The molecule has 3 N–H and O–H groups in total. The van der Waals surface area contributed by atoms with Gasteiger partial charge in [0.25, 0.3) is 0 Å². The largest absolute Gasteiger partial charge is 0.396 e. The molecule has 0 saturated carbocycles. The molecule has 0 saturated heterocycles. The summed E-state index contributed by atoms with van der Waals surface area (Å²) in [7, 11) is -0.650. The first-order valence-corrected chi connectivity index (χ1v) is 7.86. The molecule has 1 rings (SSSR count). The number of aliphatic hydroxyl groups is 1. The van der Waals surface area contributed by atoms with Crippen molar-refractivity contribution in [3.63, 3.8) is 0 Å². The number of hydrogen-bond donors (Lipinski definition) is 2. The lowest BCUT2D eigenvalue weighted by molar-refractivity contribution is 0.299. The smallest absolute Gasteiger partial charge is 0.244 e. The molecule has 0 aliphatic carbocycles. The van der Waals surface area contributed by atoms with Gasteiger partial charge in [0.2, 0.25) is 10.0 Å². The number of nitrogens with two attached hydrogens (primary N) is 1. The van der Waals surface area contributed by atoms with Crippen molar-refractivity contribution in [2.75, 3.05) is 37.9 Å². The minimum atomic E-state index is -3.59. The topological polar surface area (TPSA) is 86.9 Å². The lowest BCUT2D eigenvalue weighted by Crippen LogP contribution is -2.34. The molecule has 1 aromatic rings. The predicted octanol–water partition coefficient (Wildman–Crippen LogP) is 0.726. The summed E-state index contributed by atoms with van der Waals surface area (Å²) in [6.45, 7) is 4.29. The van der Waals surface area contributed by atoms with Crippen LogP contribution in [0.2, 0.25) is 0 Å². The van der Waals surface area contributed by atoms with Crippen LogP contribution in [0.5, 0.6) is 0 Å². The van der Waals surface area contributed by atoms with Gasteiger partial charge in [-0.2, -0.15) is 0 Å². The SMILES string of the molecule is CC(C)N(CCO)c1cccc(S(=O)(=O)N(C)C)c1N. The van der Waals surface area contributed by atoms with Crippen molar-refractivity contribution in [1.82, 2.24) is 4.31 Å². The number of sulfonamides is 1. The molecule has 0 unspecified atom stereocenters. The Morgan fingerprint density at radius 1 is 1.30 bits per heavy atom. The summed E-state index contributed by atoms with van der Waals surface area (Å²) < 4.78 is 25.6. The van der Waals surface area contributed by atoms with Crippen LogP contribution in [0.4, 0.5) is 11.4 Å². The van der Waals surface area contributed by atoms with Gasteiger partial charge in [0, 0.05) is 26.7 Å². The molecule has 0 aromatic heterocycles. The zero-order valence-corrected chi connectivity index (χ0v) is 13.2. The van der Waals surface area contributed by atoms with Crippen LogP contribution in [-0.2, 0) is 10.0 Å². The first-order valence-electron chi connectivity index (χ1n) is 6.42. The molecular weight excluding hydrogens is 278 g/mol. The highest BCUT2D eigenvalue weighted by molar-refractivity contribution is 7.89. The molecule has 1 aromatic carbocycles. The van der Waals surface area contributed by atoms with Gasteiger partial charge in [0.15, 0.2) is 0 Å². The average molecular weight is 301 g/mol. The van der Waals surface area contributed by atoms with E-state index in [-0.39, 0.29) is 23.2 Å². The van der Waals surface area contributed by atoms with E-state index in [9.17, 15) is 8.42 Å². The van der Waals surface area contributed by atoms with E-state index in [1.807, 2.05) is 18.7 Å². The van der Waals surface area contributed by atoms with E-state index in [0.717, 1.165) is 4.31 Å². The minimum Gasteiger partial charge on any atom is -0.396 e. The Bertz CT molecular complexity index is 556. The Hall–Kier alpha value is -1.31. The maximum atomic E-state index is 12.2. The second kappa shape index (κ2) is 6.43. The van der Waals surface area contributed by atoms with Crippen LogP contribution in [0.3, 0.4) is 0 Å². The molecule has 0 aliphatic rings. The van der Waals surface area contributed by atoms with Crippen LogP contribution in [0, 0.1) is 0 Å². The van der Waals surface area contributed by atoms with Gasteiger partial charge >= 0.3 is 0 Å². The Morgan fingerprint density at radius 2 is 1.90 bits per heavy atom. The van der Waals surface area contributed by atoms with Crippen molar-refractivity contribution in [3.05, 3.63) is 18.2 Å². The molecule has 7 heteroatoms. The van der Waals surface area contributed by atoms with Crippen molar-refractivity contribution in [2.24, 2.45) is 0 Å². The Balaban J connectivity index is 3.39. The van der Waals surface area contributed by atoms with Crippen molar-refractivity contribution in [2.45, 2.75) is 24.8 Å². The van der Waals surface area contributed by atoms with E-state index in [1.54, 1.807) is 12.1 Å². The molecule has 20 heavy (non-hydrogen) atoms. The summed E-state index contributed by atoms with van der Waals surface area (Å²) in [5.74, 6) is 0. The van der Waals surface area contributed by atoms with Crippen molar-refractivity contribution < 1.29 is 13.5 Å². The Morgan fingerprint density at radius 3 is 2.35 bits per heavy atom. The van der Waals surface area contributed by atoms with E-state index in [2.05, 4.69) is 0 Å². The Kier molecular flexibility index (Phi) is 5.38. The summed E-state index contributed by atoms with van der Waals surface area (Å²) in [6, 6.07) is 5.02. The van der Waals surface area contributed by atoms with Gasteiger partial charge in [0.1, 0.15) is 4.90 Å². The Labute approximate surface area is 120 Å². The third-order valence-electron chi connectivity index (χ3n) is 3.08. The number of aliphatic hydroxyl groups excluding tert-OH is 1. The van der Waals surface area contributed by atoms with Gasteiger partial charge in [-0.05, 0) is 26.0 Å². The summed E-state index contributed by atoms with van der Waals surface area (Å²) in [5.41, 5.74) is 6.88. The summed E-state index contributed by atoms with van der Waals surface area (Å²) in [4.78, 5) is 1.97. The number of nitrogens with zero attached hydrogens (tertiary/aromatic N) is 2. The summed E-state index contributed by atoms with van der Waals surface area (Å²) >= 11 is 0. The molecule has 0 atom stereocenters. The molecule has 0 heterocycles. The van der Waals surface area contributed by atoms with Crippen molar-refractivity contribution >= 4 is 21.4 Å². The quantitative estimate of drug-likeness (QED) is 0.756. The lowest BCUT2D eigenvalue weighted by atomic mass is 10.2. The number of nitrogen functional groups attached to an aromatic ring is 1. The van der Waals surface area contributed by atoms with Gasteiger partial charge < -0.3 is 15.7 Å². The highest BCUT2D eigenvalue weighted by atomic mass is 32.2. The third-order valence-corrected chi connectivity index (χ3v) is 4.95. The van der Waals surface area contributed by atoms with Crippen LogP contribution in [0.1, 0.15) is 13.8 Å². The third kappa shape index (κ3) is 3.23. The molecule has 114 valence electrons. The number of benzene rings is 1. The van der Waals surface area contributed by atoms with Gasteiger partial charge in [0.05, 0.1) is 18.0 Å². The van der Waals surface area contributed by atoms with E-state index >= 15 is 0 Å². The van der Waals surface area contributed by atoms with Crippen LogP contribution in [0.25, 0.3) is 0 Å². The fourth-order valence-corrected chi connectivity index (χ4v) is 3.00. The van der Waals surface area contributed by atoms with Crippen LogP contribution < -0.4 is 10.6 Å². The van der Waals surface area contributed by atoms with Gasteiger partial charge in [-0.3, -0.25) is 0 Å². The van der Waals surface area contributed by atoms with E-state index < -0.39 is 10.0 Å². The van der Waals surface area contributed by atoms with Gasteiger partial charge in [-0.15, -0.1) is 0 Å². The normalized spacial score (nSPS) is 12.2. The van der Waals surface area contributed by atoms with E-state index in [1.165, 1.54) is 20.2 Å². The summed E-state index contributed by atoms with van der Waals surface area (Å²) in [6.07, 6.45) is 0. The minimum absolute atomic E-state index is 0.0255. The second-order valence-electron chi connectivity index (χ2n) is 4.99.